The van der Waals surface area contributed by atoms with Crippen LogP contribution in [0.15, 0.2) is 18.2 Å². The number of nitrogens with zero attached hydrogens (tertiary/aromatic N) is 2. The van der Waals surface area contributed by atoms with Gasteiger partial charge >= 0.3 is 0 Å². The number of hydrogen-bond acceptors (Lipinski definition) is 5. The van der Waals surface area contributed by atoms with Crippen LogP contribution in [0.25, 0.3) is 0 Å². The average Bonchev–Trinajstić information content (AvgIpc) is 2.70. The Morgan fingerprint density at radius 1 is 1.03 bits per heavy atom. The summed E-state index contributed by atoms with van der Waals surface area (Å²) in [5.41, 5.74) is 7.25. The fraction of sp³-hybridized carbons (Fsp3) is 0.636. The number of nitrogens with two attached hydrogens (primary N) is 1. The Balaban J connectivity index is 1.33. The van der Waals surface area contributed by atoms with Crippen LogP contribution in [0.1, 0.15) is 50.0 Å². The van der Waals surface area contributed by atoms with E-state index in [1.165, 1.54) is 18.9 Å². The van der Waals surface area contributed by atoms with Gasteiger partial charge in [-0.05, 0) is 55.7 Å². The summed E-state index contributed by atoms with van der Waals surface area (Å²) in [4.78, 5) is 28.0. The van der Waals surface area contributed by atoms with Gasteiger partial charge in [0.1, 0.15) is 5.82 Å². The molecule has 3 aliphatic rings. The zero-order chi connectivity index (χ0) is 20.4. The smallest absolute Gasteiger partial charge is 0.234 e. The summed E-state index contributed by atoms with van der Waals surface area (Å²) in [6.07, 6.45) is 5.45. The molecule has 1 aromatic carbocycles. The summed E-state index contributed by atoms with van der Waals surface area (Å²) in [5.74, 6) is -0.576. The molecule has 2 heterocycles. The van der Waals surface area contributed by atoms with Crippen molar-refractivity contribution in [1.82, 2.24) is 10.2 Å². The van der Waals surface area contributed by atoms with E-state index in [1.807, 2.05) is 6.07 Å². The Bertz CT molecular complexity index is 755. The zero-order valence-corrected chi connectivity index (χ0v) is 16.9. The number of piperazine rings is 1. The number of hydrogen-bond donors (Lipinski definition) is 2. The summed E-state index contributed by atoms with van der Waals surface area (Å²) < 4.78 is 14.8. The van der Waals surface area contributed by atoms with Crippen LogP contribution >= 0.6 is 0 Å². The normalized spacial score (nSPS) is 29.0. The van der Waals surface area contributed by atoms with Gasteiger partial charge in [-0.15, -0.1) is 0 Å². The summed E-state index contributed by atoms with van der Waals surface area (Å²) in [6, 6.07) is 5.46. The first-order valence-corrected chi connectivity index (χ1v) is 10.9. The number of imide groups is 1. The van der Waals surface area contributed by atoms with Gasteiger partial charge in [-0.25, -0.2) is 4.39 Å². The van der Waals surface area contributed by atoms with Crippen LogP contribution in [0.3, 0.4) is 0 Å². The molecule has 2 aliphatic heterocycles. The van der Waals surface area contributed by atoms with Crippen LogP contribution in [0.5, 0.6) is 0 Å². The second-order valence-electron chi connectivity index (χ2n) is 8.78. The molecule has 6 nitrogen and oxygen atoms in total. The van der Waals surface area contributed by atoms with Crippen LogP contribution < -0.4 is 16.0 Å². The molecule has 1 aromatic rings. The first-order valence-electron chi connectivity index (χ1n) is 10.9. The highest BCUT2D eigenvalue weighted by Crippen LogP contribution is 2.30. The third-order valence-corrected chi connectivity index (χ3v) is 6.73. The van der Waals surface area contributed by atoms with Crippen molar-refractivity contribution in [2.24, 2.45) is 11.7 Å². The molecule has 1 saturated carbocycles. The van der Waals surface area contributed by atoms with E-state index in [1.54, 1.807) is 6.07 Å². The minimum atomic E-state index is -0.447. The van der Waals surface area contributed by atoms with Crippen LogP contribution in [0.2, 0.25) is 0 Å². The summed E-state index contributed by atoms with van der Waals surface area (Å²) in [6.45, 7) is 4.62. The third-order valence-electron chi connectivity index (χ3n) is 6.73. The largest absolute Gasteiger partial charge is 0.367 e. The van der Waals surface area contributed by atoms with Gasteiger partial charge < -0.3 is 10.6 Å². The molecule has 1 aliphatic carbocycles. The predicted octanol–water partition coefficient (Wildman–Crippen LogP) is 1.99. The fourth-order valence-corrected chi connectivity index (χ4v) is 4.92. The minimum absolute atomic E-state index is 0.253. The Labute approximate surface area is 171 Å². The maximum Gasteiger partial charge on any atom is 0.234 e. The fourth-order valence-electron chi connectivity index (χ4n) is 4.92. The highest BCUT2D eigenvalue weighted by molar-refractivity contribution is 6.00. The number of carbonyl (C=O) groups is 2. The molecule has 4 rings (SSSR count). The first kappa shape index (κ1) is 20.3. The number of piperidine rings is 1. The van der Waals surface area contributed by atoms with Crippen molar-refractivity contribution in [3.63, 3.8) is 0 Å². The lowest BCUT2D eigenvalue weighted by Crippen LogP contribution is -2.48. The molecular formula is C22H31FN4O2. The number of rotatable bonds is 4. The van der Waals surface area contributed by atoms with Gasteiger partial charge in [-0.1, -0.05) is 6.07 Å². The van der Waals surface area contributed by atoms with Crippen molar-refractivity contribution >= 4 is 17.5 Å². The van der Waals surface area contributed by atoms with Crippen molar-refractivity contribution in [1.29, 1.82) is 0 Å². The van der Waals surface area contributed by atoms with Gasteiger partial charge in [0.15, 0.2) is 0 Å². The van der Waals surface area contributed by atoms with Gasteiger partial charge in [0.2, 0.25) is 11.8 Å². The highest BCUT2D eigenvalue weighted by atomic mass is 19.1. The van der Waals surface area contributed by atoms with E-state index in [2.05, 4.69) is 15.1 Å². The number of carbonyl (C=O) groups excluding carboxylic acids is 2. The Morgan fingerprint density at radius 2 is 1.76 bits per heavy atom. The summed E-state index contributed by atoms with van der Waals surface area (Å²) in [5, 5.41) is 2.34. The number of halogens is 1. The quantitative estimate of drug-likeness (QED) is 0.753. The first-order chi connectivity index (χ1) is 14.0. The molecular weight excluding hydrogens is 371 g/mol. The average molecular weight is 403 g/mol. The molecule has 1 unspecified atom stereocenters. The molecule has 1 atom stereocenters. The van der Waals surface area contributed by atoms with E-state index >= 15 is 0 Å². The molecule has 29 heavy (non-hydrogen) atoms. The van der Waals surface area contributed by atoms with E-state index < -0.39 is 5.92 Å². The van der Waals surface area contributed by atoms with E-state index in [9.17, 15) is 14.0 Å². The minimum Gasteiger partial charge on any atom is -0.367 e. The van der Waals surface area contributed by atoms with E-state index in [-0.39, 0.29) is 17.6 Å². The molecule has 7 heteroatoms. The van der Waals surface area contributed by atoms with E-state index in [0.717, 1.165) is 51.5 Å². The van der Waals surface area contributed by atoms with Crippen molar-refractivity contribution in [2.75, 3.05) is 37.6 Å². The number of benzene rings is 1. The molecule has 0 spiro atoms. The van der Waals surface area contributed by atoms with Crippen LogP contribution in [-0.2, 0) is 9.59 Å². The van der Waals surface area contributed by atoms with E-state index in [4.69, 9.17) is 5.73 Å². The molecule has 2 amide bonds. The predicted molar refractivity (Wildman–Crippen MR) is 110 cm³/mol. The number of nitrogens with one attached hydrogen (secondary N) is 1. The molecule has 158 valence electrons. The number of anilines is 1. The molecule has 3 N–H and O–H groups in total. The monoisotopic (exact) mass is 402 g/mol. The zero-order valence-electron chi connectivity index (χ0n) is 16.9. The van der Waals surface area contributed by atoms with Crippen LogP contribution in [0, 0.1) is 11.7 Å². The lowest BCUT2D eigenvalue weighted by atomic mass is 9.86. The Morgan fingerprint density at radius 3 is 2.41 bits per heavy atom. The topological polar surface area (TPSA) is 78.7 Å². The molecule has 0 bridgehead atoms. The molecule has 2 saturated heterocycles. The maximum absolute atomic E-state index is 14.8. The van der Waals surface area contributed by atoms with Crippen LogP contribution in [-0.4, -0.2) is 55.5 Å². The maximum atomic E-state index is 14.8. The second-order valence-corrected chi connectivity index (χ2v) is 8.78. The van der Waals surface area contributed by atoms with Crippen molar-refractivity contribution < 1.29 is 14.0 Å². The van der Waals surface area contributed by atoms with Crippen molar-refractivity contribution in [2.45, 2.75) is 50.5 Å². The van der Waals surface area contributed by atoms with Gasteiger partial charge in [0, 0.05) is 45.2 Å². The summed E-state index contributed by atoms with van der Waals surface area (Å²) in [7, 11) is 0. The summed E-state index contributed by atoms with van der Waals surface area (Å²) >= 11 is 0. The van der Waals surface area contributed by atoms with E-state index in [0.29, 0.717) is 30.1 Å². The lowest BCUT2D eigenvalue weighted by molar-refractivity contribution is -0.134. The van der Waals surface area contributed by atoms with Crippen LogP contribution in [0.4, 0.5) is 10.1 Å². The standard InChI is InChI=1S/C22H31FN4O2/c23-19-13-16(18-6-8-21(28)25-22(18)29)3-7-20(19)27-11-9-26(10-12-27)14-15-1-4-17(24)5-2-15/h3,7,13,15,17-18H,1-2,4-6,8-12,14,24H2,(H,25,28,29). The van der Waals surface area contributed by atoms with Gasteiger partial charge in [0.05, 0.1) is 11.6 Å². The Kier molecular flexibility index (Phi) is 6.15. The van der Waals surface area contributed by atoms with Crippen molar-refractivity contribution in [3.8, 4) is 0 Å². The molecule has 0 radical (unpaired) electrons. The number of amides is 2. The van der Waals surface area contributed by atoms with Gasteiger partial charge in [-0.2, -0.15) is 0 Å². The molecule has 3 fully saturated rings. The third kappa shape index (κ3) is 4.78. The lowest BCUT2D eigenvalue weighted by Gasteiger charge is -2.39. The highest BCUT2D eigenvalue weighted by Gasteiger charge is 2.29. The SMILES string of the molecule is NC1CCC(CN2CCN(c3ccc(C4CCC(=O)NC4=O)cc3F)CC2)CC1. The Hall–Kier alpha value is -1.99. The van der Waals surface area contributed by atoms with Gasteiger partial charge in [0.25, 0.3) is 0 Å². The molecule has 0 aromatic heterocycles. The second kappa shape index (κ2) is 8.79. The van der Waals surface area contributed by atoms with Gasteiger partial charge in [-0.3, -0.25) is 19.8 Å². The van der Waals surface area contributed by atoms with Crippen molar-refractivity contribution in [3.05, 3.63) is 29.6 Å².